The van der Waals surface area contributed by atoms with Crippen molar-refractivity contribution < 1.29 is 23.2 Å². The lowest BCUT2D eigenvalue weighted by atomic mass is 9.84. The maximum absolute atomic E-state index is 13.7. The second kappa shape index (κ2) is 6.25. The summed E-state index contributed by atoms with van der Waals surface area (Å²) in [4.78, 5) is 37.5. The van der Waals surface area contributed by atoms with Crippen molar-refractivity contribution in [3.05, 3.63) is 100 Å². The summed E-state index contributed by atoms with van der Waals surface area (Å²) < 4.78 is 27.0. The molecule has 27 heavy (non-hydrogen) atoms. The van der Waals surface area contributed by atoms with E-state index in [2.05, 4.69) is 5.32 Å². The smallest absolute Gasteiger partial charge is 0.258 e. The average molecular weight is 363 g/mol. The molecule has 0 aromatic heterocycles. The van der Waals surface area contributed by atoms with Gasteiger partial charge in [-0.25, -0.2) is 8.78 Å². The van der Waals surface area contributed by atoms with Crippen LogP contribution in [0.2, 0.25) is 0 Å². The number of fused-ring (bicyclic) bond motifs is 2. The zero-order valence-electron chi connectivity index (χ0n) is 13.8. The molecule has 1 N–H and O–H groups in total. The molecular weight excluding hydrogens is 352 g/mol. The summed E-state index contributed by atoms with van der Waals surface area (Å²) in [5.74, 6) is -3.10. The van der Waals surface area contributed by atoms with Gasteiger partial charge >= 0.3 is 0 Å². The van der Waals surface area contributed by atoms with Crippen molar-refractivity contribution in [2.75, 3.05) is 5.32 Å². The minimum absolute atomic E-state index is 0.149. The van der Waals surface area contributed by atoms with Crippen LogP contribution in [0.25, 0.3) is 0 Å². The second-order valence-electron chi connectivity index (χ2n) is 6.04. The molecule has 0 saturated heterocycles. The molecule has 1 aliphatic rings. The van der Waals surface area contributed by atoms with Gasteiger partial charge in [0.2, 0.25) is 0 Å². The van der Waals surface area contributed by atoms with Crippen LogP contribution < -0.4 is 5.32 Å². The maximum Gasteiger partial charge on any atom is 0.258 e. The number of ketones is 2. The molecule has 1 aliphatic carbocycles. The molecule has 6 heteroatoms. The first-order valence-corrected chi connectivity index (χ1v) is 8.04. The molecule has 0 saturated carbocycles. The number of rotatable bonds is 2. The van der Waals surface area contributed by atoms with Crippen LogP contribution in [-0.4, -0.2) is 17.5 Å². The summed E-state index contributed by atoms with van der Waals surface area (Å²) in [7, 11) is 0. The van der Waals surface area contributed by atoms with E-state index < -0.39 is 23.1 Å². The lowest BCUT2D eigenvalue weighted by Gasteiger charge is -2.18. The fourth-order valence-corrected chi connectivity index (χ4v) is 3.05. The Morgan fingerprint density at radius 3 is 2.07 bits per heavy atom. The highest BCUT2D eigenvalue weighted by Crippen LogP contribution is 2.29. The summed E-state index contributed by atoms with van der Waals surface area (Å²) in [5, 5.41) is 2.43. The Kier molecular flexibility index (Phi) is 3.88. The van der Waals surface area contributed by atoms with Crippen LogP contribution in [0.5, 0.6) is 0 Å². The van der Waals surface area contributed by atoms with Crippen LogP contribution in [0, 0.1) is 11.6 Å². The van der Waals surface area contributed by atoms with Crippen molar-refractivity contribution in [2.45, 2.75) is 0 Å². The minimum Gasteiger partial charge on any atom is -0.322 e. The zero-order chi connectivity index (χ0) is 19.1. The van der Waals surface area contributed by atoms with Crippen LogP contribution in [0.1, 0.15) is 42.2 Å². The molecule has 0 atom stereocenters. The van der Waals surface area contributed by atoms with Gasteiger partial charge < -0.3 is 5.32 Å². The summed E-state index contributed by atoms with van der Waals surface area (Å²) in [5.41, 5.74) is 0.733. The lowest BCUT2D eigenvalue weighted by molar-refractivity contribution is 0.0979. The zero-order valence-corrected chi connectivity index (χ0v) is 13.8. The molecule has 0 spiro atoms. The highest BCUT2D eigenvalue weighted by atomic mass is 19.1. The molecule has 1 amide bonds. The molecule has 0 fully saturated rings. The summed E-state index contributed by atoms with van der Waals surface area (Å²) >= 11 is 0. The largest absolute Gasteiger partial charge is 0.322 e. The first-order valence-electron chi connectivity index (χ1n) is 8.04. The van der Waals surface area contributed by atoms with Gasteiger partial charge in [0, 0.05) is 27.9 Å². The third kappa shape index (κ3) is 2.81. The Labute approximate surface area is 152 Å². The van der Waals surface area contributed by atoms with Gasteiger partial charge in [0.05, 0.1) is 5.56 Å². The van der Waals surface area contributed by atoms with E-state index in [4.69, 9.17) is 0 Å². The van der Waals surface area contributed by atoms with E-state index in [0.29, 0.717) is 5.56 Å². The van der Waals surface area contributed by atoms with Gasteiger partial charge in [0.1, 0.15) is 11.6 Å². The van der Waals surface area contributed by atoms with Crippen molar-refractivity contribution >= 4 is 23.2 Å². The Hall–Kier alpha value is -3.67. The van der Waals surface area contributed by atoms with E-state index in [1.165, 1.54) is 18.2 Å². The van der Waals surface area contributed by atoms with Gasteiger partial charge in [0.15, 0.2) is 11.6 Å². The van der Waals surface area contributed by atoms with Crippen LogP contribution >= 0.6 is 0 Å². The third-order valence-electron chi connectivity index (χ3n) is 4.36. The average Bonchev–Trinajstić information content (AvgIpc) is 2.68. The fourth-order valence-electron chi connectivity index (χ4n) is 3.05. The van der Waals surface area contributed by atoms with Crippen LogP contribution in [-0.2, 0) is 0 Å². The Morgan fingerprint density at radius 2 is 1.37 bits per heavy atom. The van der Waals surface area contributed by atoms with E-state index in [0.717, 1.165) is 18.2 Å². The van der Waals surface area contributed by atoms with E-state index >= 15 is 0 Å². The lowest BCUT2D eigenvalue weighted by Crippen LogP contribution is -2.21. The molecule has 0 radical (unpaired) electrons. The van der Waals surface area contributed by atoms with Crippen LogP contribution in [0.15, 0.2) is 60.7 Å². The molecule has 0 heterocycles. The molecular formula is C21H11F2NO3. The SMILES string of the molecule is O=C(Nc1ccc2c(c1)C(=O)c1ccccc1C2=O)c1cc(F)ccc1F. The number of benzene rings is 3. The first kappa shape index (κ1) is 16.8. The van der Waals surface area contributed by atoms with Gasteiger partial charge in [-0.3, -0.25) is 14.4 Å². The number of carbonyl (C=O) groups excluding carboxylic acids is 3. The highest BCUT2D eigenvalue weighted by Gasteiger charge is 2.29. The first-order chi connectivity index (χ1) is 13.0. The number of carbonyl (C=O) groups is 3. The van der Waals surface area contributed by atoms with E-state index in [1.54, 1.807) is 24.3 Å². The standard InChI is InChI=1S/C21H11F2NO3/c22-11-5-8-18(23)17(9-11)21(27)24-12-6-7-15-16(10-12)20(26)14-4-2-1-3-13(14)19(15)25/h1-10H,(H,24,27). The number of nitrogens with one attached hydrogen (secondary N) is 1. The fraction of sp³-hybridized carbons (Fsp3) is 0. The van der Waals surface area contributed by atoms with Gasteiger partial charge in [-0.05, 0) is 36.4 Å². The molecule has 3 aromatic carbocycles. The normalized spacial score (nSPS) is 12.4. The number of amides is 1. The number of anilines is 1. The summed E-state index contributed by atoms with van der Waals surface area (Å²) in [6, 6.07) is 13.3. The third-order valence-corrected chi connectivity index (χ3v) is 4.36. The van der Waals surface area contributed by atoms with Crippen molar-refractivity contribution in [1.82, 2.24) is 0 Å². The molecule has 3 aromatic rings. The highest BCUT2D eigenvalue weighted by molar-refractivity contribution is 6.28. The van der Waals surface area contributed by atoms with E-state index in [9.17, 15) is 23.2 Å². The Bertz CT molecular complexity index is 1140. The van der Waals surface area contributed by atoms with Crippen molar-refractivity contribution in [3.8, 4) is 0 Å². The van der Waals surface area contributed by atoms with Crippen molar-refractivity contribution in [3.63, 3.8) is 0 Å². The molecule has 4 rings (SSSR count). The quantitative estimate of drug-likeness (QED) is 0.586. The van der Waals surface area contributed by atoms with Gasteiger partial charge in [-0.2, -0.15) is 0 Å². The number of halogens is 2. The summed E-state index contributed by atoms with van der Waals surface area (Å²) in [6.45, 7) is 0. The molecule has 0 aliphatic heterocycles. The van der Waals surface area contributed by atoms with E-state index in [1.807, 2.05) is 0 Å². The maximum atomic E-state index is 13.7. The van der Waals surface area contributed by atoms with Gasteiger partial charge in [-0.1, -0.05) is 24.3 Å². The topological polar surface area (TPSA) is 63.2 Å². The molecule has 4 nitrogen and oxygen atoms in total. The van der Waals surface area contributed by atoms with E-state index in [-0.39, 0.29) is 33.9 Å². The minimum atomic E-state index is -0.868. The van der Waals surface area contributed by atoms with Gasteiger partial charge in [-0.15, -0.1) is 0 Å². The van der Waals surface area contributed by atoms with Gasteiger partial charge in [0.25, 0.3) is 5.91 Å². The van der Waals surface area contributed by atoms with Crippen LogP contribution in [0.3, 0.4) is 0 Å². The number of hydrogen-bond donors (Lipinski definition) is 1. The monoisotopic (exact) mass is 363 g/mol. The molecule has 0 bridgehead atoms. The predicted octanol–water partition coefficient (Wildman–Crippen LogP) is 3.99. The Morgan fingerprint density at radius 1 is 0.741 bits per heavy atom. The second-order valence-corrected chi connectivity index (χ2v) is 6.04. The molecule has 0 unspecified atom stereocenters. The Balaban J connectivity index is 1.69. The van der Waals surface area contributed by atoms with Crippen LogP contribution in [0.4, 0.5) is 14.5 Å². The van der Waals surface area contributed by atoms with Crippen molar-refractivity contribution in [2.24, 2.45) is 0 Å². The number of hydrogen-bond acceptors (Lipinski definition) is 3. The predicted molar refractivity (Wildman–Crippen MR) is 94.1 cm³/mol. The summed E-state index contributed by atoms with van der Waals surface area (Å²) in [6.07, 6.45) is 0. The van der Waals surface area contributed by atoms with Crippen molar-refractivity contribution in [1.29, 1.82) is 0 Å². The molecule has 132 valence electrons.